The van der Waals surface area contributed by atoms with E-state index in [-0.39, 0.29) is 9.17 Å². The third kappa shape index (κ3) is 6.29. The average Bonchev–Trinajstić information content (AvgIpc) is 2.69. The number of nitrogen functional groups attached to an aromatic ring is 1. The molecule has 0 spiro atoms. The predicted octanol–water partition coefficient (Wildman–Crippen LogP) is 8.08. The van der Waals surface area contributed by atoms with Crippen molar-refractivity contribution in [2.24, 2.45) is 0 Å². The normalized spacial score (nSPS) is 13.5. The Balaban J connectivity index is 1.77. The summed E-state index contributed by atoms with van der Waals surface area (Å²) in [5.41, 5.74) is 9.29. The number of alkyl halides is 4. The number of halogens is 4. The van der Waals surface area contributed by atoms with Crippen LogP contribution in [0.2, 0.25) is 0 Å². The quantitative estimate of drug-likeness (QED) is 0.187. The van der Waals surface area contributed by atoms with Crippen LogP contribution in [0.4, 0.5) is 18.9 Å². The number of ether oxygens (including phenoxy) is 2. The Morgan fingerprint density at radius 2 is 1.58 bits per heavy atom. The zero-order valence-electron chi connectivity index (χ0n) is 17.2. The summed E-state index contributed by atoms with van der Waals surface area (Å²) < 4.78 is 46.9. The van der Waals surface area contributed by atoms with Crippen LogP contribution in [-0.2, 0) is 3.42 Å². The van der Waals surface area contributed by atoms with Gasteiger partial charge in [-0.1, -0.05) is 66.3 Å². The highest BCUT2D eigenvalue weighted by atomic mass is 127. The molecular formula is C24H23F3INO2. The maximum absolute atomic E-state index is 12.3. The van der Waals surface area contributed by atoms with E-state index in [1.165, 1.54) is 17.7 Å². The molecule has 0 aromatic heterocycles. The van der Waals surface area contributed by atoms with E-state index >= 15 is 0 Å². The standard InChI is InChI=1S/C24H23F3INO2/c1-3-13-23(2,28)18-5-4-6-20(15-18)30-22-12-9-17(14-21(22)29)16-7-10-19(11-8-16)31-24(25,26)27/h4-12,14-15H,3,13,29H2,1-2H3. The summed E-state index contributed by atoms with van der Waals surface area (Å²) in [6.07, 6.45) is -2.57. The van der Waals surface area contributed by atoms with Gasteiger partial charge in [-0.25, -0.2) is 0 Å². The van der Waals surface area contributed by atoms with Gasteiger partial charge in [-0.05, 0) is 66.4 Å². The van der Waals surface area contributed by atoms with Crippen molar-refractivity contribution in [3.8, 4) is 28.4 Å². The van der Waals surface area contributed by atoms with Crippen LogP contribution in [0.15, 0.2) is 66.7 Å². The third-order valence-electron chi connectivity index (χ3n) is 4.81. The van der Waals surface area contributed by atoms with E-state index in [1.807, 2.05) is 24.3 Å². The van der Waals surface area contributed by atoms with Crippen LogP contribution in [0.1, 0.15) is 32.3 Å². The molecule has 164 valence electrons. The molecule has 3 rings (SSSR count). The monoisotopic (exact) mass is 541 g/mol. The molecule has 1 unspecified atom stereocenters. The van der Waals surface area contributed by atoms with Crippen LogP contribution < -0.4 is 15.2 Å². The second-order valence-electron chi connectivity index (χ2n) is 7.40. The molecule has 7 heteroatoms. The number of hydrogen-bond acceptors (Lipinski definition) is 3. The highest BCUT2D eigenvalue weighted by molar-refractivity contribution is 14.1. The number of benzene rings is 3. The van der Waals surface area contributed by atoms with Crippen molar-refractivity contribution in [3.05, 3.63) is 72.3 Å². The number of anilines is 1. The third-order valence-corrected chi connectivity index (χ3v) is 5.98. The second-order valence-corrected chi connectivity index (χ2v) is 9.78. The molecule has 0 fully saturated rings. The summed E-state index contributed by atoms with van der Waals surface area (Å²) in [5.74, 6) is 0.947. The maximum atomic E-state index is 12.3. The Morgan fingerprint density at radius 1 is 0.903 bits per heavy atom. The highest BCUT2D eigenvalue weighted by Gasteiger charge is 2.31. The van der Waals surface area contributed by atoms with Gasteiger partial charge in [0.1, 0.15) is 17.2 Å². The summed E-state index contributed by atoms with van der Waals surface area (Å²) in [4.78, 5) is 0. The Hall–Kier alpha value is -2.42. The fourth-order valence-corrected chi connectivity index (χ4v) is 4.17. The van der Waals surface area contributed by atoms with E-state index < -0.39 is 6.36 Å². The maximum Gasteiger partial charge on any atom is 0.573 e. The number of nitrogens with two attached hydrogens (primary N) is 1. The Kier molecular flexibility index (Phi) is 7.03. The van der Waals surface area contributed by atoms with Gasteiger partial charge >= 0.3 is 6.36 Å². The van der Waals surface area contributed by atoms with Crippen molar-refractivity contribution >= 4 is 28.3 Å². The lowest BCUT2D eigenvalue weighted by atomic mass is 9.96. The molecule has 3 aromatic rings. The number of hydrogen-bond donors (Lipinski definition) is 1. The first kappa shape index (κ1) is 23.2. The van der Waals surface area contributed by atoms with Crippen LogP contribution in [-0.4, -0.2) is 6.36 Å². The van der Waals surface area contributed by atoms with Crippen LogP contribution >= 0.6 is 22.6 Å². The first-order valence-corrected chi connectivity index (χ1v) is 10.9. The predicted molar refractivity (Wildman–Crippen MR) is 126 cm³/mol. The van der Waals surface area contributed by atoms with Crippen molar-refractivity contribution in [2.45, 2.75) is 36.5 Å². The molecule has 0 bridgehead atoms. The van der Waals surface area contributed by atoms with Crippen LogP contribution in [0, 0.1) is 0 Å². The van der Waals surface area contributed by atoms with Gasteiger partial charge < -0.3 is 15.2 Å². The lowest BCUT2D eigenvalue weighted by Crippen LogP contribution is -2.16. The van der Waals surface area contributed by atoms with Crippen molar-refractivity contribution < 1.29 is 22.6 Å². The molecule has 0 aliphatic rings. The summed E-state index contributed by atoms with van der Waals surface area (Å²) in [5, 5.41) is 0. The smallest absolute Gasteiger partial charge is 0.455 e. The molecule has 3 aromatic carbocycles. The minimum absolute atomic E-state index is 0.0171. The van der Waals surface area contributed by atoms with Gasteiger partial charge in [0.25, 0.3) is 0 Å². The molecule has 0 amide bonds. The lowest BCUT2D eigenvalue weighted by molar-refractivity contribution is -0.274. The van der Waals surface area contributed by atoms with Crippen LogP contribution in [0.3, 0.4) is 0 Å². The van der Waals surface area contributed by atoms with Gasteiger partial charge in [-0.15, -0.1) is 13.2 Å². The summed E-state index contributed by atoms with van der Waals surface area (Å²) in [6, 6.07) is 18.9. The van der Waals surface area contributed by atoms with Crippen molar-refractivity contribution in [1.82, 2.24) is 0 Å². The zero-order valence-corrected chi connectivity index (χ0v) is 19.3. The van der Waals surface area contributed by atoms with Gasteiger partial charge in [-0.2, -0.15) is 0 Å². The van der Waals surface area contributed by atoms with E-state index in [2.05, 4.69) is 47.2 Å². The van der Waals surface area contributed by atoms with E-state index in [1.54, 1.807) is 24.3 Å². The van der Waals surface area contributed by atoms with Crippen molar-refractivity contribution in [1.29, 1.82) is 0 Å². The molecule has 31 heavy (non-hydrogen) atoms. The molecule has 0 radical (unpaired) electrons. The summed E-state index contributed by atoms with van der Waals surface area (Å²) >= 11 is 2.46. The van der Waals surface area contributed by atoms with Crippen LogP contribution in [0.25, 0.3) is 11.1 Å². The van der Waals surface area contributed by atoms with Gasteiger partial charge in [0.2, 0.25) is 0 Å². The highest BCUT2D eigenvalue weighted by Crippen LogP contribution is 2.39. The van der Waals surface area contributed by atoms with E-state index in [0.29, 0.717) is 17.2 Å². The second kappa shape index (κ2) is 9.38. The van der Waals surface area contributed by atoms with Gasteiger partial charge in [-0.3, -0.25) is 0 Å². The molecule has 0 heterocycles. The molecule has 3 nitrogen and oxygen atoms in total. The average molecular weight is 541 g/mol. The SMILES string of the molecule is CCCC(C)(I)c1cccc(Oc2ccc(-c3ccc(OC(F)(F)F)cc3)cc2N)c1. The molecule has 0 aliphatic carbocycles. The Morgan fingerprint density at radius 3 is 2.19 bits per heavy atom. The molecule has 0 saturated carbocycles. The first-order chi connectivity index (χ1) is 14.6. The zero-order chi connectivity index (χ0) is 22.6. The van der Waals surface area contributed by atoms with E-state index in [0.717, 1.165) is 24.0 Å². The number of rotatable bonds is 7. The first-order valence-electron chi connectivity index (χ1n) is 9.80. The molecule has 1 atom stereocenters. The van der Waals surface area contributed by atoms with Gasteiger partial charge in [0.05, 0.1) is 5.69 Å². The topological polar surface area (TPSA) is 44.5 Å². The molecule has 0 saturated heterocycles. The fraction of sp³-hybridized carbons (Fsp3) is 0.250. The summed E-state index contributed by atoms with van der Waals surface area (Å²) in [7, 11) is 0. The van der Waals surface area contributed by atoms with E-state index in [4.69, 9.17) is 10.5 Å². The lowest BCUT2D eigenvalue weighted by Gasteiger charge is -2.23. The molecule has 2 N–H and O–H groups in total. The largest absolute Gasteiger partial charge is 0.573 e. The molecular weight excluding hydrogens is 518 g/mol. The van der Waals surface area contributed by atoms with Crippen molar-refractivity contribution in [2.75, 3.05) is 5.73 Å². The summed E-state index contributed by atoms with van der Waals surface area (Å²) in [6.45, 7) is 4.36. The van der Waals surface area contributed by atoms with Crippen molar-refractivity contribution in [3.63, 3.8) is 0 Å². The van der Waals surface area contributed by atoms with Gasteiger partial charge in [0, 0.05) is 3.42 Å². The fourth-order valence-electron chi connectivity index (χ4n) is 3.29. The minimum atomic E-state index is -4.71. The molecule has 0 aliphatic heterocycles. The Labute approximate surface area is 193 Å². The minimum Gasteiger partial charge on any atom is -0.455 e. The van der Waals surface area contributed by atoms with E-state index in [9.17, 15) is 13.2 Å². The van der Waals surface area contributed by atoms with Crippen LogP contribution in [0.5, 0.6) is 17.2 Å². The van der Waals surface area contributed by atoms with Gasteiger partial charge in [0.15, 0.2) is 0 Å². The Bertz CT molecular complexity index is 1030.